The SMILES string of the molecule is CCOC(=O)C1=C(C)N=c2s/c(=C\c3ccc(N(C)C)cc3)c(=O)n2C1c1cc(OC)ccc1OC. The molecule has 1 aliphatic rings. The van der Waals surface area contributed by atoms with E-state index in [0.717, 1.165) is 11.3 Å². The van der Waals surface area contributed by atoms with Gasteiger partial charge >= 0.3 is 5.97 Å². The molecule has 1 aliphatic heterocycles. The molecule has 1 atom stereocenters. The van der Waals surface area contributed by atoms with E-state index in [2.05, 4.69) is 4.99 Å². The number of benzene rings is 2. The Morgan fingerprint density at radius 1 is 1.14 bits per heavy atom. The van der Waals surface area contributed by atoms with E-state index in [9.17, 15) is 9.59 Å². The van der Waals surface area contributed by atoms with Crippen molar-refractivity contribution in [3.05, 3.63) is 84.5 Å². The van der Waals surface area contributed by atoms with Gasteiger partial charge in [0.15, 0.2) is 4.80 Å². The van der Waals surface area contributed by atoms with Crippen molar-refractivity contribution >= 4 is 29.1 Å². The summed E-state index contributed by atoms with van der Waals surface area (Å²) in [5, 5.41) is 0. The number of aromatic nitrogens is 1. The van der Waals surface area contributed by atoms with Crippen LogP contribution in [-0.2, 0) is 9.53 Å². The van der Waals surface area contributed by atoms with Gasteiger partial charge in [0.25, 0.3) is 5.56 Å². The second-order valence-corrected chi connectivity index (χ2v) is 9.41. The molecule has 0 bridgehead atoms. The number of allylic oxidation sites excluding steroid dienone is 1. The second-order valence-electron chi connectivity index (χ2n) is 8.40. The highest BCUT2D eigenvalue weighted by Gasteiger charge is 2.35. The van der Waals surface area contributed by atoms with E-state index in [-0.39, 0.29) is 17.7 Å². The van der Waals surface area contributed by atoms with Gasteiger partial charge in [0.2, 0.25) is 0 Å². The number of methoxy groups -OCH3 is 2. The van der Waals surface area contributed by atoms with Crippen molar-refractivity contribution < 1.29 is 19.0 Å². The summed E-state index contributed by atoms with van der Waals surface area (Å²) in [7, 11) is 7.06. The monoisotopic (exact) mass is 507 g/mol. The number of carbonyl (C=O) groups is 1. The van der Waals surface area contributed by atoms with Gasteiger partial charge in [-0.05, 0) is 55.8 Å². The minimum atomic E-state index is -0.788. The molecule has 0 fully saturated rings. The summed E-state index contributed by atoms with van der Waals surface area (Å²) in [5.41, 5.74) is 3.09. The molecule has 0 saturated heterocycles. The van der Waals surface area contributed by atoms with Crippen molar-refractivity contribution in [1.82, 2.24) is 4.57 Å². The Morgan fingerprint density at radius 3 is 2.47 bits per heavy atom. The van der Waals surface area contributed by atoms with Crippen LogP contribution in [-0.4, -0.2) is 45.5 Å². The minimum absolute atomic E-state index is 0.199. The Labute approximate surface area is 213 Å². The van der Waals surface area contributed by atoms with Gasteiger partial charge in [0.05, 0.1) is 36.6 Å². The maximum Gasteiger partial charge on any atom is 0.338 e. The number of esters is 1. The largest absolute Gasteiger partial charge is 0.497 e. The Bertz CT molecular complexity index is 1500. The van der Waals surface area contributed by atoms with E-state index in [1.807, 2.05) is 49.3 Å². The Kier molecular flexibility index (Phi) is 7.30. The van der Waals surface area contributed by atoms with Crippen molar-refractivity contribution in [2.75, 3.05) is 39.8 Å². The molecule has 0 spiro atoms. The highest BCUT2D eigenvalue weighted by molar-refractivity contribution is 7.07. The molecule has 2 heterocycles. The Morgan fingerprint density at radius 2 is 1.86 bits per heavy atom. The van der Waals surface area contributed by atoms with Crippen molar-refractivity contribution in [2.24, 2.45) is 4.99 Å². The molecule has 0 saturated carbocycles. The van der Waals surface area contributed by atoms with Gasteiger partial charge in [-0.15, -0.1) is 0 Å². The first kappa shape index (κ1) is 25.2. The standard InChI is InChI=1S/C27H29N3O5S/c1-7-35-26(32)23-16(2)28-27-30(24(23)20-15-19(33-5)12-13-21(20)34-6)25(31)22(36-27)14-17-8-10-18(11-9-17)29(3)4/h8-15,24H,7H2,1-6H3/b22-14-. The van der Waals surface area contributed by atoms with Crippen molar-refractivity contribution in [3.8, 4) is 11.5 Å². The van der Waals surface area contributed by atoms with E-state index in [1.165, 1.54) is 11.3 Å². The Balaban J connectivity index is 1.96. The maximum absolute atomic E-state index is 13.8. The summed E-state index contributed by atoms with van der Waals surface area (Å²) in [6, 6.07) is 12.4. The van der Waals surface area contributed by atoms with Crippen LogP contribution in [0.1, 0.15) is 31.0 Å². The topological polar surface area (TPSA) is 82.4 Å². The third-order valence-corrected chi connectivity index (χ3v) is 6.94. The van der Waals surface area contributed by atoms with Gasteiger partial charge in [-0.2, -0.15) is 0 Å². The molecule has 0 amide bonds. The van der Waals surface area contributed by atoms with Gasteiger partial charge in [0, 0.05) is 25.3 Å². The molecule has 4 rings (SSSR count). The van der Waals surface area contributed by atoms with Crippen LogP contribution in [0.25, 0.3) is 6.08 Å². The van der Waals surface area contributed by atoms with E-state index in [0.29, 0.717) is 32.1 Å². The van der Waals surface area contributed by atoms with Gasteiger partial charge in [-0.1, -0.05) is 23.5 Å². The molecule has 1 unspecified atom stereocenters. The normalized spacial score (nSPS) is 15.3. The molecule has 1 aromatic heterocycles. The van der Waals surface area contributed by atoms with Crippen molar-refractivity contribution in [1.29, 1.82) is 0 Å². The zero-order valence-electron chi connectivity index (χ0n) is 21.2. The number of thiazole rings is 1. The average Bonchev–Trinajstić information content (AvgIpc) is 3.17. The van der Waals surface area contributed by atoms with Crippen LogP contribution in [0.4, 0.5) is 5.69 Å². The van der Waals surface area contributed by atoms with E-state index in [1.54, 1.807) is 50.8 Å². The fourth-order valence-electron chi connectivity index (χ4n) is 4.16. The van der Waals surface area contributed by atoms with E-state index < -0.39 is 12.0 Å². The van der Waals surface area contributed by atoms with Crippen LogP contribution in [0.3, 0.4) is 0 Å². The first-order chi connectivity index (χ1) is 17.3. The average molecular weight is 508 g/mol. The smallest absolute Gasteiger partial charge is 0.338 e. The van der Waals surface area contributed by atoms with Gasteiger partial charge < -0.3 is 19.1 Å². The fraction of sp³-hybridized carbons (Fsp3) is 0.296. The summed E-state index contributed by atoms with van der Waals surface area (Å²) in [6.45, 7) is 3.69. The molecule has 0 N–H and O–H groups in total. The van der Waals surface area contributed by atoms with E-state index in [4.69, 9.17) is 14.2 Å². The fourth-order valence-corrected chi connectivity index (χ4v) is 5.21. The van der Waals surface area contributed by atoms with E-state index >= 15 is 0 Å². The number of rotatable bonds is 7. The highest BCUT2D eigenvalue weighted by Crippen LogP contribution is 2.37. The highest BCUT2D eigenvalue weighted by atomic mass is 32.1. The Hall–Kier alpha value is -3.85. The molecular formula is C27H29N3O5S. The third-order valence-electron chi connectivity index (χ3n) is 5.96. The van der Waals surface area contributed by atoms with Gasteiger partial charge in [-0.25, -0.2) is 9.79 Å². The molecule has 36 heavy (non-hydrogen) atoms. The first-order valence-electron chi connectivity index (χ1n) is 11.5. The number of carbonyl (C=O) groups excluding carboxylic acids is 1. The van der Waals surface area contributed by atoms with Gasteiger partial charge in [-0.3, -0.25) is 9.36 Å². The summed E-state index contributed by atoms with van der Waals surface area (Å²) < 4.78 is 18.5. The molecule has 2 aromatic carbocycles. The number of ether oxygens (including phenoxy) is 3. The number of hydrogen-bond acceptors (Lipinski definition) is 8. The van der Waals surface area contributed by atoms with Crippen LogP contribution < -0.4 is 29.3 Å². The molecule has 188 valence electrons. The quantitative estimate of drug-likeness (QED) is 0.458. The summed E-state index contributed by atoms with van der Waals surface area (Å²) >= 11 is 1.28. The lowest BCUT2D eigenvalue weighted by molar-refractivity contribution is -0.139. The summed E-state index contributed by atoms with van der Waals surface area (Å²) in [6.07, 6.45) is 1.84. The minimum Gasteiger partial charge on any atom is -0.497 e. The van der Waals surface area contributed by atoms with Crippen LogP contribution in [0.5, 0.6) is 11.5 Å². The lowest BCUT2D eigenvalue weighted by atomic mass is 9.94. The summed E-state index contributed by atoms with van der Waals surface area (Å²) in [5.74, 6) is 0.570. The van der Waals surface area contributed by atoms with Gasteiger partial charge in [0.1, 0.15) is 17.5 Å². The maximum atomic E-state index is 13.8. The predicted octanol–water partition coefficient (Wildman–Crippen LogP) is 2.88. The van der Waals surface area contributed by atoms with Crippen LogP contribution in [0.2, 0.25) is 0 Å². The van der Waals surface area contributed by atoms with Crippen LogP contribution >= 0.6 is 11.3 Å². The zero-order chi connectivity index (χ0) is 26.0. The second kappa shape index (κ2) is 10.4. The molecule has 9 heteroatoms. The molecule has 8 nitrogen and oxygen atoms in total. The van der Waals surface area contributed by atoms with Crippen LogP contribution in [0, 0.1) is 0 Å². The predicted molar refractivity (Wildman–Crippen MR) is 141 cm³/mol. The number of anilines is 1. The number of fused-ring (bicyclic) bond motifs is 1. The van der Waals surface area contributed by atoms with Crippen molar-refractivity contribution in [2.45, 2.75) is 19.9 Å². The molecule has 0 radical (unpaired) electrons. The third kappa shape index (κ3) is 4.66. The molecule has 3 aromatic rings. The zero-order valence-corrected chi connectivity index (χ0v) is 22.0. The van der Waals surface area contributed by atoms with Crippen LogP contribution in [0.15, 0.2) is 63.5 Å². The first-order valence-corrected chi connectivity index (χ1v) is 12.3. The van der Waals surface area contributed by atoms with Crippen molar-refractivity contribution in [3.63, 3.8) is 0 Å². The molecule has 0 aliphatic carbocycles. The lowest BCUT2D eigenvalue weighted by Gasteiger charge is -2.26. The number of nitrogens with zero attached hydrogens (tertiary/aromatic N) is 3. The lowest BCUT2D eigenvalue weighted by Crippen LogP contribution is -2.40. The molecular weight excluding hydrogens is 478 g/mol. The summed E-state index contributed by atoms with van der Waals surface area (Å²) in [4.78, 5) is 34.0. The number of hydrogen-bond donors (Lipinski definition) is 0.